The number of halogens is 1. The fourth-order valence-electron chi connectivity index (χ4n) is 1.68. The Kier molecular flexibility index (Phi) is 8.11. The molecule has 0 spiro atoms. The van der Waals surface area contributed by atoms with E-state index in [2.05, 4.69) is 21.2 Å². The summed E-state index contributed by atoms with van der Waals surface area (Å²) in [6, 6.07) is 3.84. The van der Waals surface area contributed by atoms with E-state index in [1.54, 1.807) is 14.2 Å². The highest BCUT2D eigenvalue weighted by Crippen LogP contribution is 2.36. The average Bonchev–Trinajstić information content (AvgIpc) is 2.45. The SMILES string of the molecule is COCCNCc1cc(Br)c(OCCC(N)=O)c(OC)c1. The number of rotatable bonds is 10. The van der Waals surface area contributed by atoms with Gasteiger partial charge in [0.05, 0.1) is 31.2 Å². The molecular weight excluding hydrogens is 340 g/mol. The van der Waals surface area contributed by atoms with Gasteiger partial charge in [0.1, 0.15) is 0 Å². The van der Waals surface area contributed by atoms with Gasteiger partial charge in [0.15, 0.2) is 11.5 Å². The van der Waals surface area contributed by atoms with Crippen molar-refractivity contribution in [2.24, 2.45) is 5.73 Å². The fourth-order valence-corrected chi connectivity index (χ4v) is 2.28. The smallest absolute Gasteiger partial charge is 0.220 e. The third-order valence-corrected chi connectivity index (χ3v) is 3.29. The van der Waals surface area contributed by atoms with Gasteiger partial charge < -0.3 is 25.3 Å². The Bertz CT molecular complexity index is 469. The first-order valence-electron chi connectivity index (χ1n) is 6.55. The monoisotopic (exact) mass is 360 g/mol. The lowest BCUT2D eigenvalue weighted by atomic mass is 10.2. The quantitative estimate of drug-likeness (QED) is 0.617. The maximum Gasteiger partial charge on any atom is 0.220 e. The Morgan fingerprint density at radius 1 is 1.33 bits per heavy atom. The van der Waals surface area contributed by atoms with E-state index in [0.29, 0.717) is 24.7 Å². The van der Waals surface area contributed by atoms with Crippen molar-refractivity contribution in [3.8, 4) is 11.5 Å². The summed E-state index contributed by atoms with van der Waals surface area (Å²) in [5.74, 6) is 0.779. The van der Waals surface area contributed by atoms with Crippen LogP contribution in [0.4, 0.5) is 0 Å². The lowest BCUT2D eigenvalue weighted by molar-refractivity contribution is -0.118. The van der Waals surface area contributed by atoms with Crippen molar-refractivity contribution in [3.63, 3.8) is 0 Å². The van der Waals surface area contributed by atoms with Crippen molar-refractivity contribution in [2.75, 3.05) is 34.0 Å². The molecule has 0 aliphatic carbocycles. The molecule has 1 rings (SSSR count). The van der Waals surface area contributed by atoms with Crippen molar-refractivity contribution in [2.45, 2.75) is 13.0 Å². The van der Waals surface area contributed by atoms with Crippen LogP contribution in [0.5, 0.6) is 11.5 Å². The third-order valence-electron chi connectivity index (χ3n) is 2.70. The van der Waals surface area contributed by atoms with Crippen LogP contribution in [0.15, 0.2) is 16.6 Å². The third kappa shape index (κ3) is 6.33. The molecule has 1 aromatic rings. The summed E-state index contributed by atoms with van der Waals surface area (Å²) in [4.78, 5) is 10.7. The summed E-state index contributed by atoms with van der Waals surface area (Å²) in [7, 11) is 3.24. The predicted octanol–water partition coefficient (Wildman–Crippen LogP) is 1.45. The number of methoxy groups -OCH3 is 2. The minimum atomic E-state index is -0.399. The Morgan fingerprint density at radius 2 is 2.10 bits per heavy atom. The largest absolute Gasteiger partial charge is 0.493 e. The Labute approximate surface area is 133 Å². The second-order valence-corrected chi connectivity index (χ2v) is 5.20. The maximum absolute atomic E-state index is 10.7. The standard InChI is InChI=1S/C14H21BrN2O4/c1-19-6-4-17-9-10-7-11(15)14(12(8-10)20-2)21-5-3-13(16)18/h7-8,17H,3-6,9H2,1-2H3,(H2,16,18). The number of carbonyl (C=O) groups is 1. The number of ether oxygens (including phenoxy) is 3. The molecule has 118 valence electrons. The van der Waals surface area contributed by atoms with Gasteiger partial charge in [0.25, 0.3) is 0 Å². The molecule has 0 heterocycles. The second kappa shape index (κ2) is 9.59. The number of carbonyl (C=O) groups excluding carboxylic acids is 1. The normalized spacial score (nSPS) is 10.4. The van der Waals surface area contributed by atoms with Crippen molar-refractivity contribution >= 4 is 21.8 Å². The first-order valence-corrected chi connectivity index (χ1v) is 7.35. The van der Waals surface area contributed by atoms with E-state index in [1.165, 1.54) is 0 Å². The second-order valence-electron chi connectivity index (χ2n) is 4.34. The van der Waals surface area contributed by atoms with E-state index in [-0.39, 0.29) is 13.0 Å². The number of nitrogens with two attached hydrogens (primary N) is 1. The van der Waals surface area contributed by atoms with Gasteiger partial charge in [0.2, 0.25) is 5.91 Å². The van der Waals surface area contributed by atoms with Gasteiger partial charge >= 0.3 is 0 Å². The van der Waals surface area contributed by atoms with Crippen molar-refractivity contribution in [1.29, 1.82) is 0 Å². The first kappa shape index (κ1) is 17.7. The molecule has 0 radical (unpaired) electrons. The molecule has 6 nitrogen and oxygen atoms in total. The van der Waals surface area contributed by atoms with E-state index in [9.17, 15) is 4.79 Å². The lowest BCUT2D eigenvalue weighted by Gasteiger charge is -2.14. The highest BCUT2D eigenvalue weighted by atomic mass is 79.9. The summed E-state index contributed by atoms with van der Waals surface area (Å²) < 4.78 is 16.6. The maximum atomic E-state index is 10.7. The molecular formula is C14H21BrN2O4. The number of primary amides is 1. The molecule has 0 aromatic heterocycles. The lowest BCUT2D eigenvalue weighted by Crippen LogP contribution is -2.18. The Morgan fingerprint density at radius 3 is 2.71 bits per heavy atom. The predicted molar refractivity (Wildman–Crippen MR) is 83.6 cm³/mol. The van der Waals surface area contributed by atoms with Crippen LogP contribution in [0.1, 0.15) is 12.0 Å². The topological polar surface area (TPSA) is 82.8 Å². The van der Waals surface area contributed by atoms with E-state index in [0.717, 1.165) is 16.6 Å². The van der Waals surface area contributed by atoms with Crippen molar-refractivity contribution < 1.29 is 19.0 Å². The zero-order chi connectivity index (χ0) is 15.7. The van der Waals surface area contributed by atoms with Gasteiger partial charge in [-0.1, -0.05) is 0 Å². The summed E-state index contributed by atoms with van der Waals surface area (Å²) in [5.41, 5.74) is 6.14. The van der Waals surface area contributed by atoms with Crippen LogP contribution in [-0.2, 0) is 16.1 Å². The molecule has 0 atom stereocenters. The molecule has 0 fully saturated rings. The van der Waals surface area contributed by atoms with E-state index in [1.807, 2.05) is 12.1 Å². The van der Waals surface area contributed by atoms with Gasteiger partial charge in [-0.05, 0) is 33.6 Å². The van der Waals surface area contributed by atoms with Crippen molar-refractivity contribution in [1.82, 2.24) is 5.32 Å². The molecule has 0 aliphatic heterocycles. The van der Waals surface area contributed by atoms with Crippen LogP contribution in [0.3, 0.4) is 0 Å². The highest BCUT2D eigenvalue weighted by Gasteiger charge is 2.12. The summed E-state index contributed by atoms with van der Waals surface area (Å²) in [5, 5.41) is 3.26. The van der Waals surface area contributed by atoms with Crippen LogP contribution in [0.25, 0.3) is 0 Å². The molecule has 21 heavy (non-hydrogen) atoms. The number of nitrogens with one attached hydrogen (secondary N) is 1. The van der Waals surface area contributed by atoms with E-state index in [4.69, 9.17) is 19.9 Å². The fraction of sp³-hybridized carbons (Fsp3) is 0.500. The van der Waals surface area contributed by atoms with Gasteiger partial charge in [-0.2, -0.15) is 0 Å². The van der Waals surface area contributed by atoms with Gasteiger partial charge in [-0.3, -0.25) is 4.79 Å². The summed E-state index contributed by atoms with van der Waals surface area (Å²) in [6.07, 6.45) is 0.163. The first-order chi connectivity index (χ1) is 10.1. The molecule has 0 unspecified atom stereocenters. The van der Waals surface area contributed by atoms with Crippen LogP contribution in [0, 0.1) is 0 Å². The van der Waals surface area contributed by atoms with Crippen molar-refractivity contribution in [3.05, 3.63) is 22.2 Å². The summed E-state index contributed by atoms with van der Waals surface area (Å²) >= 11 is 3.46. The van der Waals surface area contributed by atoms with Crippen LogP contribution >= 0.6 is 15.9 Å². The Balaban J connectivity index is 2.69. The molecule has 0 saturated heterocycles. The van der Waals surface area contributed by atoms with Gasteiger partial charge in [-0.15, -0.1) is 0 Å². The zero-order valence-electron chi connectivity index (χ0n) is 12.3. The van der Waals surface area contributed by atoms with Gasteiger partial charge in [0, 0.05) is 20.2 Å². The minimum absolute atomic E-state index is 0.163. The minimum Gasteiger partial charge on any atom is -0.493 e. The summed E-state index contributed by atoms with van der Waals surface area (Å²) in [6.45, 7) is 2.34. The molecule has 1 aromatic carbocycles. The number of hydrogen-bond donors (Lipinski definition) is 2. The molecule has 0 aliphatic rings. The average molecular weight is 361 g/mol. The molecule has 3 N–H and O–H groups in total. The molecule has 7 heteroatoms. The Hall–Kier alpha value is -1.31. The molecule has 0 saturated carbocycles. The highest BCUT2D eigenvalue weighted by molar-refractivity contribution is 9.10. The van der Waals surface area contributed by atoms with Crippen LogP contribution < -0.4 is 20.5 Å². The van der Waals surface area contributed by atoms with E-state index >= 15 is 0 Å². The molecule has 1 amide bonds. The van der Waals surface area contributed by atoms with E-state index < -0.39 is 5.91 Å². The molecule has 0 bridgehead atoms. The van der Waals surface area contributed by atoms with Gasteiger partial charge in [-0.25, -0.2) is 0 Å². The number of amides is 1. The van der Waals surface area contributed by atoms with Crippen LogP contribution in [0.2, 0.25) is 0 Å². The zero-order valence-corrected chi connectivity index (χ0v) is 13.9. The number of hydrogen-bond acceptors (Lipinski definition) is 5. The number of benzene rings is 1. The van der Waals surface area contributed by atoms with Crippen LogP contribution in [-0.4, -0.2) is 39.9 Å².